The highest BCUT2D eigenvalue weighted by molar-refractivity contribution is 5.73. The summed E-state index contributed by atoms with van der Waals surface area (Å²) in [7, 11) is 0. The first kappa shape index (κ1) is 18.8. The molecule has 4 nitrogen and oxygen atoms in total. The Balaban J connectivity index is 1.60. The lowest BCUT2D eigenvalue weighted by atomic mass is 10.0. The molecule has 5 heteroatoms. The second-order valence-electron chi connectivity index (χ2n) is 6.10. The van der Waals surface area contributed by atoms with Crippen LogP contribution in [0.5, 0.6) is 5.75 Å². The highest BCUT2D eigenvalue weighted by Gasteiger charge is 2.03. The van der Waals surface area contributed by atoms with Crippen LogP contribution in [0.1, 0.15) is 30.9 Å². The number of nitrogens with one attached hydrogen (secondary N) is 2. The Kier molecular flexibility index (Phi) is 7.26. The van der Waals surface area contributed by atoms with Gasteiger partial charge in [-0.25, -0.2) is 9.18 Å². The Morgan fingerprint density at radius 3 is 2.40 bits per heavy atom. The first-order chi connectivity index (χ1) is 12.1. The van der Waals surface area contributed by atoms with Crippen molar-refractivity contribution in [1.82, 2.24) is 10.6 Å². The Morgan fingerprint density at radius 2 is 1.72 bits per heavy atom. The largest absolute Gasteiger partial charge is 0.492 e. The van der Waals surface area contributed by atoms with E-state index < -0.39 is 0 Å². The van der Waals surface area contributed by atoms with Crippen molar-refractivity contribution in [3.63, 3.8) is 0 Å². The Bertz CT molecular complexity index is 672. The zero-order chi connectivity index (χ0) is 18.1. The molecule has 0 atom stereocenters. The minimum absolute atomic E-state index is 0.249. The number of ether oxygens (including phenoxy) is 1. The average Bonchev–Trinajstić information content (AvgIpc) is 2.61. The Morgan fingerprint density at radius 1 is 1.04 bits per heavy atom. The van der Waals surface area contributed by atoms with Gasteiger partial charge in [-0.2, -0.15) is 0 Å². The molecule has 0 bridgehead atoms. The normalized spacial score (nSPS) is 10.6. The van der Waals surface area contributed by atoms with Crippen molar-refractivity contribution in [2.24, 2.45) is 0 Å². The molecule has 0 spiro atoms. The van der Waals surface area contributed by atoms with E-state index >= 15 is 0 Å². The van der Waals surface area contributed by atoms with E-state index in [1.54, 1.807) is 18.2 Å². The van der Waals surface area contributed by atoms with Crippen molar-refractivity contribution in [3.8, 4) is 5.75 Å². The number of carbonyl (C=O) groups is 1. The number of halogens is 1. The number of hydrogen-bond donors (Lipinski definition) is 2. The minimum atomic E-state index is -0.282. The number of benzene rings is 2. The monoisotopic (exact) mass is 344 g/mol. The van der Waals surface area contributed by atoms with Gasteiger partial charge in [0.1, 0.15) is 18.2 Å². The summed E-state index contributed by atoms with van der Waals surface area (Å²) in [6.45, 7) is 5.46. The zero-order valence-electron chi connectivity index (χ0n) is 14.7. The molecular weight excluding hydrogens is 319 g/mol. The van der Waals surface area contributed by atoms with Crippen LogP contribution in [0.2, 0.25) is 0 Å². The highest BCUT2D eigenvalue weighted by atomic mass is 19.1. The molecule has 25 heavy (non-hydrogen) atoms. The smallest absolute Gasteiger partial charge is 0.314 e. The van der Waals surface area contributed by atoms with E-state index in [-0.39, 0.29) is 11.8 Å². The number of rotatable bonds is 8. The predicted molar refractivity (Wildman–Crippen MR) is 97.5 cm³/mol. The third-order valence-corrected chi connectivity index (χ3v) is 3.84. The molecular formula is C20H25FN2O2. The summed E-state index contributed by atoms with van der Waals surface area (Å²) >= 11 is 0. The predicted octanol–water partition coefficient (Wildman–Crippen LogP) is 3.87. The van der Waals surface area contributed by atoms with Gasteiger partial charge in [0.15, 0.2) is 0 Å². The number of carbonyl (C=O) groups excluding carboxylic acids is 1. The van der Waals surface area contributed by atoms with Crippen LogP contribution < -0.4 is 15.4 Å². The van der Waals surface area contributed by atoms with E-state index in [4.69, 9.17) is 4.74 Å². The molecule has 0 saturated heterocycles. The fraction of sp³-hybridized carbons (Fsp3) is 0.350. The molecule has 2 aromatic rings. The lowest BCUT2D eigenvalue weighted by molar-refractivity contribution is 0.236. The molecule has 0 fully saturated rings. The molecule has 0 aromatic heterocycles. The van der Waals surface area contributed by atoms with Crippen LogP contribution in [0.15, 0.2) is 48.5 Å². The number of urea groups is 1. The first-order valence-corrected chi connectivity index (χ1v) is 8.54. The van der Waals surface area contributed by atoms with E-state index in [0.717, 1.165) is 5.75 Å². The standard InChI is InChI=1S/C20H25FN2O2/c1-15(2)16-7-9-18(10-8-16)25-14-13-23-20(24)22-12-11-17-5-3-4-6-19(17)21/h3-10,15H,11-14H2,1-2H3,(H2,22,23,24). The lowest BCUT2D eigenvalue weighted by Gasteiger charge is -2.10. The molecule has 0 aliphatic carbocycles. The Hall–Kier alpha value is -2.56. The number of amides is 2. The molecule has 2 rings (SSSR count). The molecule has 0 unspecified atom stereocenters. The van der Waals surface area contributed by atoms with Gasteiger partial charge in [0.25, 0.3) is 0 Å². The van der Waals surface area contributed by atoms with Crippen molar-refractivity contribution in [2.45, 2.75) is 26.2 Å². The lowest BCUT2D eigenvalue weighted by Crippen LogP contribution is -2.38. The minimum Gasteiger partial charge on any atom is -0.492 e. The van der Waals surface area contributed by atoms with Crippen LogP contribution in [0.25, 0.3) is 0 Å². The van der Waals surface area contributed by atoms with Crippen molar-refractivity contribution >= 4 is 6.03 Å². The summed E-state index contributed by atoms with van der Waals surface area (Å²) in [4.78, 5) is 11.7. The van der Waals surface area contributed by atoms with Gasteiger partial charge in [0.2, 0.25) is 0 Å². The fourth-order valence-electron chi connectivity index (χ4n) is 2.36. The molecule has 2 N–H and O–H groups in total. The van der Waals surface area contributed by atoms with Crippen LogP contribution in [-0.4, -0.2) is 25.7 Å². The van der Waals surface area contributed by atoms with Crippen LogP contribution >= 0.6 is 0 Å². The highest BCUT2D eigenvalue weighted by Crippen LogP contribution is 2.18. The van der Waals surface area contributed by atoms with Gasteiger partial charge in [0, 0.05) is 6.54 Å². The van der Waals surface area contributed by atoms with E-state index in [2.05, 4.69) is 24.5 Å². The van der Waals surface area contributed by atoms with Gasteiger partial charge >= 0.3 is 6.03 Å². The van der Waals surface area contributed by atoms with Crippen molar-refractivity contribution in [1.29, 1.82) is 0 Å². The molecule has 0 radical (unpaired) electrons. The van der Waals surface area contributed by atoms with Crippen LogP contribution in [0.3, 0.4) is 0 Å². The molecule has 0 aliphatic heterocycles. The van der Waals surface area contributed by atoms with Crippen LogP contribution in [0.4, 0.5) is 9.18 Å². The van der Waals surface area contributed by atoms with Crippen LogP contribution in [0, 0.1) is 5.82 Å². The summed E-state index contributed by atoms with van der Waals surface area (Å²) in [5, 5.41) is 5.42. The molecule has 0 saturated carbocycles. The summed E-state index contributed by atoms with van der Waals surface area (Å²) in [6.07, 6.45) is 0.457. The van der Waals surface area contributed by atoms with Crippen molar-refractivity contribution in [3.05, 3.63) is 65.5 Å². The van der Waals surface area contributed by atoms with Gasteiger partial charge < -0.3 is 15.4 Å². The van der Waals surface area contributed by atoms with Crippen molar-refractivity contribution in [2.75, 3.05) is 19.7 Å². The first-order valence-electron chi connectivity index (χ1n) is 8.54. The molecule has 2 amide bonds. The quantitative estimate of drug-likeness (QED) is 0.714. The van der Waals surface area contributed by atoms with Crippen molar-refractivity contribution < 1.29 is 13.9 Å². The van der Waals surface area contributed by atoms with Gasteiger partial charge in [0.05, 0.1) is 6.54 Å². The van der Waals surface area contributed by atoms with Gasteiger partial charge in [-0.3, -0.25) is 0 Å². The summed E-state index contributed by atoms with van der Waals surface area (Å²) in [5.74, 6) is 1.02. The van der Waals surface area contributed by atoms with E-state index in [0.29, 0.717) is 37.6 Å². The molecule has 0 heterocycles. The van der Waals surface area contributed by atoms with Crippen LogP contribution in [-0.2, 0) is 6.42 Å². The summed E-state index contributed by atoms with van der Waals surface area (Å²) < 4.78 is 19.0. The second-order valence-corrected chi connectivity index (χ2v) is 6.10. The maximum absolute atomic E-state index is 13.4. The van der Waals surface area contributed by atoms with Gasteiger partial charge in [-0.15, -0.1) is 0 Å². The average molecular weight is 344 g/mol. The van der Waals surface area contributed by atoms with Gasteiger partial charge in [-0.1, -0.05) is 44.2 Å². The third-order valence-electron chi connectivity index (χ3n) is 3.84. The van der Waals surface area contributed by atoms with Gasteiger partial charge in [-0.05, 0) is 41.7 Å². The summed E-state index contributed by atoms with van der Waals surface area (Å²) in [6, 6.07) is 14.2. The third kappa shape index (κ3) is 6.45. The SMILES string of the molecule is CC(C)c1ccc(OCCNC(=O)NCCc2ccccc2F)cc1. The molecule has 0 aliphatic rings. The maximum Gasteiger partial charge on any atom is 0.314 e. The second kappa shape index (κ2) is 9.67. The fourth-order valence-corrected chi connectivity index (χ4v) is 2.36. The van der Waals surface area contributed by atoms with E-state index in [1.807, 2.05) is 24.3 Å². The molecule has 2 aromatic carbocycles. The Labute approximate surface area is 148 Å². The molecule has 134 valence electrons. The zero-order valence-corrected chi connectivity index (χ0v) is 14.7. The maximum atomic E-state index is 13.4. The van der Waals surface area contributed by atoms with E-state index in [9.17, 15) is 9.18 Å². The summed E-state index contributed by atoms with van der Waals surface area (Å²) in [5.41, 5.74) is 1.86. The van der Waals surface area contributed by atoms with E-state index in [1.165, 1.54) is 11.6 Å². The topological polar surface area (TPSA) is 50.4 Å². The number of hydrogen-bond acceptors (Lipinski definition) is 2.